The Kier molecular flexibility index (Phi) is 4.61. The van der Waals surface area contributed by atoms with E-state index in [4.69, 9.17) is 33.8 Å². The number of nitrogen functional groups attached to an aromatic ring is 1. The fraction of sp³-hybridized carbons (Fsp3) is 0.250. The van der Waals surface area contributed by atoms with Gasteiger partial charge in [-0.1, -0.05) is 29.3 Å². The molecule has 9 heteroatoms. The molecular formula is C16H12Cl2F4N2O. The lowest BCUT2D eigenvalue weighted by Gasteiger charge is -2.30. The molecule has 3 N–H and O–H groups in total. The molecule has 2 atom stereocenters. The highest BCUT2D eigenvalue weighted by molar-refractivity contribution is 6.34. The highest BCUT2D eigenvalue weighted by atomic mass is 35.5. The molecule has 0 aromatic heterocycles. The fourth-order valence-corrected chi connectivity index (χ4v) is 3.33. The average molecular weight is 395 g/mol. The maximum Gasteiger partial charge on any atom is 0.423 e. The van der Waals surface area contributed by atoms with Gasteiger partial charge >= 0.3 is 6.18 Å². The highest BCUT2D eigenvalue weighted by Gasteiger charge is 2.62. The molecule has 3 nitrogen and oxygen atoms in total. The number of nitrogens with two attached hydrogens (primary N) is 1. The first-order chi connectivity index (χ1) is 11.6. The second-order valence-corrected chi connectivity index (χ2v) is 6.61. The van der Waals surface area contributed by atoms with E-state index in [1.807, 2.05) is 0 Å². The summed E-state index contributed by atoms with van der Waals surface area (Å²) in [5, 5.41) is 0.119. The van der Waals surface area contributed by atoms with E-state index in [2.05, 4.69) is 5.48 Å². The summed E-state index contributed by atoms with van der Waals surface area (Å²) in [6.07, 6.45) is -5.23. The van der Waals surface area contributed by atoms with Gasteiger partial charge in [-0.25, -0.2) is 4.39 Å². The molecule has 3 rings (SSSR count). The number of anilines is 1. The zero-order valence-electron chi connectivity index (χ0n) is 12.5. The molecule has 1 heterocycles. The molecule has 0 amide bonds. The minimum atomic E-state index is -4.74. The van der Waals surface area contributed by atoms with Crippen molar-refractivity contribution in [2.75, 3.05) is 5.73 Å². The van der Waals surface area contributed by atoms with Gasteiger partial charge in [0.05, 0.1) is 11.7 Å². The maximum absolute atomic E-state index is 13.9. The third kappa shape index (κ3) is 3.29. The molecule has 2 aromatic rings. The van der Waals surface area contributed by atoms with E-state index >= 15 is 0 Å². The van der Waals surface area contributed by atoms with Gasteiger partial charge in [0.15, 0.2) is 0 Å². The number of alkyl halides is 3. The largest absolute Gasteiger partial charge is 0.423 e. The minimum Gasteiger partial charge on any atom is -0.396 e. The third-order valence-electron chi connectivity index (χ3n) is 4.08. The van der Waals surface area contributed by atoms with Crippen LogP contribution in [0, 0.1) is 5.82 Å². The van der Waals surface area contributed by atoms with Gasteiger partial charge in [0, 0.05) is 16.5 Å². The first kappa shape index (κ1) is 18.3. The zero-order valence-corrected chi connectivity index (χ0v) is 14.0. The number of benzene rings is 2. The number of hydrogen-bond acceptors (Lipinski definition) is 3. The monoisotopic (exact) mass is 394 g/mol. The Morgan fingerprint density at radius 3 is 2.32 bits per heavy atom. The summed E-state index contributed by atoms with van der Waals surface area (Å²) in [4.78, 5) is 5.01. The quantitative estimate of drug-likeness (QED) is 0.547. The van der Waals surface area contributed by atoms with E-state index in [0.29, 0.717) is 5.56 Å². The number of rotatable bonds is 2. The van der Waals surface area contributed by atoms with Crippen LogP contribution in [-0.4, -0.2) is 6.18 Å². The van der Waals surface area contributed by atoms with Crippen molar-refractivity contribution in [3.05, 3.63) is 63.4 Å². The second kappa shape index (κ2) is 6.32. The van der Waals surface area contributed by atoms with Crippen molar-refractivity contribution in [2.24, 2.45) is 0 Å². The molecule has 1 fully saturated rings. The molecule has 2 aromatic carbocycles. The third-order valence-corrected chi connectivity index (χ3v) is 4.51. The number of hydroxylamine groups is 1. The van der Waals surface area contributed by atoms with Crippen molar-refractivity contribution < 1.29 is 22.4 Å². The smallest absolute Gasteiger partial charge is 0.396 e. The van der Waals surface area contributed by atoms with Crippen LogP contribution in [0.25, 0.3) is 0 Å². The maximum atomic E-state index is 13.9. The molecule has 1 aliphatic heterocycles. The Labute approximate surface area is 150 Å². The van der Waals surface area contributed by atoms with Gasteiger partial charge in [-0.05, 0) is 41.5 Å². The Morgan fingerprint density at radius 2 is 1.76 bits per heavy atom. The highest BCUT2D eigenvalue weighted by Crippen LogP contribution is 2.51. The van der Waals surface area contributed by atoms with E-state index in [0.717, 1.165) is 18.2 Å². The SMILES string of the molecule is Nc1cc(C2CC(c3cc(Cl)cc(Cl)c3)(C(F)(F)F)ON2)ccc1F. The van der Waals surface area contributed by atoms with Crippen LogP contribution in [0.2, 0.25) is 10.0 Å². The molecule has 134 valence electrons. The molecule has 1 aliphatic rings. The van der Waals surface area contributed by atoms with Crippen molar-refractivity contribution in [1.29, 1.82) is 0 Å². The van der Waals surface area contributed by atoms with Crippen LogP contribution in [0.1, 0.15) is 23.6 Å². The van der Waals surface area contributed by atoms with E-state index in [9.17, 15) is 17.6 Å². The second-order valence-electron chi connectivity index (χ2n) is 5.74. The molecule has 0 bridgehead atoms. The van der Waals surface area contributed by atoms with E-state index in [-0.39, 0.29) is 21.3 Å². The van der Waals surface area contributed by atoms with Gasteiger partial charge in [-0.2, -0.15) is 18.7 Å². The minimum absolute atomic E-state index is 0.0594. The molecule has 0 saturated carbocycles. The fourth-order valence-electron chi connectivity index (χ4n) is 2.81. The summed E-state index contributed by atoms with van der Waals surface area (Å²) in [6.45, 7) is 0. The topological polar surface area (TPSA) is 47.3 Å². The van der Waals surface area contributed by atoms with Gasteiger partial charge in [0.25, 0.3) is 0 Å². The molecular weight excluding hydrogens is 383 g/mol. The Hall–Kier alpha value is -1.54. The first-order valence-electron chi connectivity index (χ1n) is 7.14. The van der Waals surface area contributed by atoms with Crippen molar-refractivity contribution >= 4 is 28.9 Å². The zero-order chi connectivity index (χ0) is 18.4. The Morgan fingerprint density at radius 1 is 1.12 bits per heavy atom. The van der Waals surface area contributed by atoms with Crippen LogP contribution < -0.4 is 11.2 Å². The van der Waals surface area contributed by atoms with Crippen molar-refractivity contribution in [3.63, 3.8) is 0 Å². The normalized spacial score (nSPS) is 23.8. The van der Waals surface area contributed by atoms with E-state index in [1.165, 1.54) is 18.2 Å². The molecule has 0 radical (unpaired) electrons. The van der Waals surface area contributed by atoms with Gasteiger partial charge in [-0.3, -0.25) is 4.84 Å². The average Bonchev–Trinajstić information content (AvgIpc) is 2.95. The molecule has 0 spiro atoms. The number of halogens is 6. The lowest BCUT2D eigenvalue weighted by molar-refractivity contribution is -0.282. The summed E-state index contributed by atoms with van der Waals surface area (Å²) in [7, 11) is 0. The lowest BCUT2D eigenvalue weighted by atomic mass is 9.86. The van der Waals surface area contributed by atoms with Crippen molar-refractivity contribution in [1.82, 2.24) is 5.48 Å². The predicted molar refractivity (Wildman–Crippen MR) is 86.6 cm³/mol. The summed E-state index contributed by atoms with van der Waals surface area (Å²) in [5.74, 6) is -0.647. The van der Waals surface area contributed by atoms with Gasteiger partial charge < -0.3 is 5.73 Å². The molecule has 2 unspecified atom stereocenters. The number of nitrogens with one attached hydrogen (secondary N) is 1. The van der Waals surface area contributed by atoms with Crippen LogP contribution >= 0.6 is 23.2 Å². The van der Waals surface area contributed by atoms with Crippen molar-refractivity contribution in [2.45, 2.75) is 24.2 Å². The van der Waals surface area contributed by atoms with Gasteiger partial charge in [0.2, 0.25) is 5.60 Å². The van der Waals surface area contributed by atoms with E-state index < -0.39 is 30.1 Å². The van der Waals surface area contributed by atoms with E-state index in [1.54, 1.807) is 0 Å². The van der Waals surface area contributed by atoms with Gasteiger partial charge in [0.1, 0.15) is 5.82 Å². The predicted octanol–water partition coefficient (Wildman–Crippen LogP) is 5.14. The Balaban J connectivity index is 2.03. The van der Waals surface area contributed by atoms with Crippen LogP contribution in [0.4, 0.5) is 23.2 Å². The van der Waals surface area contributed by atoms with Crippen LogP contribution in [0.5, 0.6) is 0 Å². The van der Waals surface area contributed by atoms with Gasteiger partial charge in [-0.15, -0.1) is 0 Å². The van der Waals surface area contributed by atoms with Crippen LogP contribution in [-0.2, 0) is 10.4 Å². The first-order valence-corrected chi connectivity index (χ1v) is 7.90. The molecule has 1 saturated heterocycles. The summed E-state index contributed by atoms with van der Waals surface area (Å²) in [6, 6.07) is 6.52. The summed E-state index contributed by atoms with van der Waals surface area (Å²) >= 11 is 11.7. The van der Waals surface area contributed by atoms with Crippen LogP contribution in [0.15, 0.2) is 36.4 Å². The summed E-state index contributed by atoms with van der Waals surface area (Å²) in [5.41, 5.74) is 5.21. The van der Waals surface area contributed by atoms with Crippen LogP contribution in [0.3, 0.4) is 0 Å². The lowest BCUT2D eigenvalue weighted by Crippen LogP contribution is -2.42. The Bertz CT molecular complexity index is 795. The molecule has 25 heavy (non-hydrogen) atoms. The standard InChI is InChI=1S/C16H12Cl2F4N2O/c17-10-4-9(5-11(18)6-10)15(16(20,21)22)7-14(24-25-15)8-1-2-12(19)13(23)3-8/h1-6,14,24H,7,23H2. The molecule has 0 aliphatic carbocycles. The number of hydrogen-bond donors (Lipinski definition) is 2. The van der Waals surface area contributed by atoms with Crippen molar-refractivity contribution in [3.8, 4) is 0 Å². The summed E-state index contributed by atoms with van der Waals surface area (Å²) < 4.78 is 54.9.